The summed E-state index contributed by atoms with van der Waals surface area (Å²) < 4.78 is 5.56. The molecule has 0 saturated carbocycles. The summed E-state index contributed by atoms with van der Waals surface area (Å²) in [6, 6.07) is 7.40. The molecule has 1 aromatic carbocycles. The third kappa shape index (κ3) is 4.06. The molecular formula is C18H25N3O3. The van der Waals surface area contributed by atoms with Crippen LogP contribution in [-0.2, 0) is 9.59 Å². The molecule has 3 heterocycles. The SMILES string of the molecule is C1CCNCC1.O=C1CCC(N2CCOc3ccccc32)C(=O)N1. The van der Waals surface area contributed by atoms with Gasteiger partial charge in [-0.25, -0.2) is 0 Å². The molecule has 0 aromatic heterocycles. The summed E-state index contributed by atoms with van der Waals surface area (Å²) in [7, 11) is 0. The van der Waals surface area contributed by atoms with Crippen LogP contribution in [0.5, 0.6) is 5.75 Å². The maximum absolute atomic E-state index is 11.9. The van der Waals surface area contributed by atoms with Crippen LogP contribution in [0.3, 0.4) is 0 Å². The quantitative estimate of drug-likeness (QED) is 0.762. The lowest BCUT2D eigenvalue weighted by molar-refractivity contribution is -0.134. The molecule has 3 aliphatic rings. The first kappa shape index (κ1) is 16.8. The number of hydrogen-bond acceptors (Lipinski definition) is 5. The number of rotatable bonds is 1. The third-order valence-electron chi connectivity index (χ3n) is 4.56. The van der Waals surface area contributed by atoms with Crippen molar-refractivity contribution in [3.8, 4) is 5.75 Å². The van der Waals surface area contributed by atoms with E-state index in [1.807, 2.05) is 29.2 Å². The smallest absolute Gasteiger partial charge is 0.249 e. The fourth-order valence-corrected chi connectivity index (χ4v) is 3.30. The highest BCUT2D eigenvalue weighted by molar-refractivity contribution is 6.01. The van der Waals surface area contributed by atoms with Gasteiger partial charge in [-0.05, 0) is 44.5 Å². The van der Waals surface area contributed by atoms with E-state index >= 15 is 0 Å². The van der Waals surface area contributed by atoms with Crippen molar-refractivity contribution in [2.24, 2.45) is 0 Å². The van der Waals surface area contributed by atoms with E-state index in [4.69, 9.17) is 4.74 Å². The monoisotopic (exact) mass is 331 g/mol. The van der Waals surface area contributed by atoms with Gasteiger partial charge in [0.25, 0.3) is 0 Å². The predicted octanol–water partition coefficient (Wildman–Crippen LogP) is 1.45. The molecule has 0 radical (unpaired) electrons. The standard InChI is InChI=1S/C13H14N2O3.C5H11N/c16-12-6-5-10(13(17)14-12)15-7-8-18-11-4-2-1-3-9(11)15;1-2-4-6-5-3-1/h1-4,10H,5-8H2,(H,14,16,17);6H,1-5H2. The zero-order valence-corrected chi connectivity index (χ0v) is 13.9. The average molecular weight is 331 g/mol. The molecule has 1 unspecified atom stereocenters. The number of para-hydroxylation sites is 2. The minimum atomic E-state index is -0.271. The summed E-state index contributed by atoms with van der Waals surface area (Å²) in [6.07, 6.45) is 5.18. The third-order valence-corrected chi connectivity index (χ3v) is 4.56. The van der Waals surface area contributed by atoms with Gasteiger partial charge in [-0.3, -0.25) is 14.9 Å². The van der Waals surface area contributed by atoms with Crippen molar-refractivity contribution < 1.29 is 14.3 Å². The van der Waals surface area contributed by atoms with Gasteiger partial charge in [0.1, 0.15) is 18.4 Å². The number of nitrogens with zero attached hydrogens (tertiary/aromatic N) is 1. The van der Waals surface area contributed by atoms with Crippen LogP contribution in [0.1, 0.15) is 32.1 Å². The van der Waals surface area contributed by atoms with E-state index in [0.29, 0.717) is 26.0 Å². The van der Waals surface area contributed by atoms with E-state index in [9.17, 15) is 9.59 Å². The number of carbonyl (C=O) groups is 2. The summed E-state index contributed by atoms with van der Waals surface area (Å²) in [6.45, 7) is 3.73. The summed E-state index contributed by atoms with van der Waals surface area (Å²) >= 11 is 0. The molecule has 2 fully saturated rings. The lowest BCUT2D eigenvalue weighted by atomic mass is 10.0. The fourth-order valence-electron chi connectivity index (χ4n) is 3.30. The van der Waals surface area contributed by atoms with Crippen LogP contribution in [0.15, 0.2) is 24.3 Å². The molecule has 24 heavy (non-hydrogen) atoms. The highest BCUT2D eigenvalue weighted by Gasteiger charge is 2.34. The van der Waals surface area contributed by atoms with Crippen molar-refractivity contribution in [1.82, 2.24) is 10.6 Å². The van der Waals surface area contributed by atoms with Gasteiger partial charge in [0.15, 0.2) is 0 Å². The molecule has 1 atom stereocenters. The number of hydrogen-bond donors (Lipinski definition) is 2. The fraction of sp³-hybridized carbons (Fsp3) is 0.556. The molecule has 6 heteroatoms. The molecular weight excluding hydrogens is 306 g/mol. The molecule has 1 aromatic rings. The molecule has 4 rings (SSSR count). The predicted molar refractivity (Wildman–Crippen MR) is 92.2 cm³/mol. The number of benzene rings is 1. The molecule has 2 saturated heterocycles. The Kier molecular flexibility index (Phi) is 5.69. The van der Waals surface area contributed by atoms with Crippen LogP contribution in [0.25, 0.3) is 0 Å². The van der Waals surface area contributed by atoms with E-state index in [0.717, 1.165) is 11.4 Å². The lowest BCUT2D eigenvalue weighted by Gasteiger charge is -2.38. The number of ether oxygens (including phenoxy) is 1. The first-order valence-electron chi connectivity index (χ1n) is 8.78. The first-order chi connectivity index (χ1) is 11.8. The van der Waals surface area contributed by atoms with E-state index in [-0.39, 0.29) is 17.9 Å². The molecule has 6 nitrogen and oxygen atoms in total. The number of carbonyl (C=O) groups excluding carboxylic acids is 2. The van der Waals surface area contributed by atoms with E-state index in [2.05, 4.69) is 10.6 Å². The second-order valence-corrected chi connectivity index (χ2v) is 6.29. The normalized spacial score (nSPS) is 23.3. The number of nitrogens with one attached hydrogen (secondary N) is 2. The Hall–Kier alpha value is -2.08. The zero-order valence-electron chi connectivity index (χ0n) is 13.9. The summed E-state index contributed by atoms with van der Waals surface area (Å²) in [5, 5.41) is 5.68. The van der Waals surface area contributed by atoms with Gasteiger partial charge in [-0.2, -0.15) is 0 Å². The zero-order chi connectivity index (χ0) is 16.8. The Balaban J connectivity index is 0.000000238. The van der Waals surface area contributed by atoms with Crippen molar-refractivity contribution in [3.05, 3.63) is 24.3 Å². The van der Waals surface area contributed by atoms with E-state index in [1.165, 1.54) is 32.4 Å². The molecule has 0 spiro atoms. The Labute approximate surface area is 142 Å². The second-order valence-electron chi connectivity index (χ2n) is 6.29. The molecule has 2 amide bonds. The van der Waals surface area contributed by atoms with E-state index in [1.54, 1.807) is 0 Å². The highest BCUT2D eigenvalue weighted by atomic mass is 16.5. The van der Waals surface area contributed by atoms with Crippen molar-refractivity contribution >= 4 is 17.5 Å². The van der Waals surface area contributed by atoms with Crippen LogP contribution in [-0.4, -0.2) is 44.1 Å². The minimum absolute atomic E-state index is 0.183. The average Bonchev–Trinajstić information content (AvgIpc) is 2.63. The number of amides is 2. The number of fused-ring (bicyclic) bond motifs is 1. The Morgan fingerprint density at radius 3 is 2.54 bits per heavy atom. The summed E-state index contributed by atoms with van der Waals surface area (Å²) in [4.78, 5) is 25.1. The van der Waals surface area contributed by atoms with Crippen molar-refractivity contribution in [1.29, 1.82) is 0 Å². The summed E-state index contributed by atoms with van der Waals surface area (Å²) in [5.74, 6) is 0.411. The minimum Gasteiger partial charge on any atom is -0.490 e. The molecule has 0 bridgehead atoms. The highest BCUT2D eigenvalue weighted by Crippen LogP contribution is 2.33. The van der Waals surface area contributed by atoms with Gasteiger partial charge in [0.05, 0.1) is 12.2 Å². The van der Waals surface area contributed by atoms with Crippen LogP contribution in [0.4, 0.5) is 5.69 Å². The molecule has 130 valence electrons. The Morgan fingerprint density at radius 2 is 1.88 bits per heavy atom. The van der Waals surface area contributed by atoms with Crippen LogP contribution >= 0.6 is 0 Å². The maximum atomic E-state index is 11.9. The van der Waals surface area contributed by atoms with Gasteiger partial charge in [0.2, 0.25) is 11.8 Å². The van der Waals surface area contributed by atoms with Crippen molar-refractivity contribution in [3.63, 3.8) is 0 Å². The molecule has 2 N–H and O–H groups in total. The van der Waals surface area contributed by atoms with Gasteiger partial charge in [0, 0.05) is 6.42 Å². The number of piperidine rings is 2. The van der Waals surface area contributed by atoms with Crippen LogP contribution in [0, 0.1) is 0 Å². The maximum Gasteiger partial charge on any atom is 0.249 e. The van der Waals surface area contributed by atoms with Crippen molar-refractivity contribution in [2.45, 2.75) is 38.1 Å². The summed E-state index contributed by atoms with van der Waals surface area (Å²) in [5.41, 5.74) is 0.929. The van der Waals surface area contributed by atoms with Crippen molar-refractivity contribution in [2.75, 3.05) is 31.1 Å². The Bertz CT molecular complexity index is 575. The second kappa shape index (κ2) is 8.15. The lowest BCUT2D eigenvalue weighted by Crippen LogP contribution is -2.54. The van der Waals surface area contributed by atoms with Gasteiger partial charge in [-0.15, -0.1) is 0 Å². The van der Waals surface area contributed by atoms with Gasteiger partial charge < -0.3 is 15.0 Å². The van der Waals surface area contributed by atoms with Crippen LogP contribution < -0.4 is 20.3 Å². The first-order valence-corrected chi connectivity index (χ1v) is 8.78. The largest absolute Gasteiger partial charge is 0.490 e. The van der Waals surface area contributed by atoms with Gasteiger partial charge in [-0.1, -0.05) is 18.6 Å². The number of anilines is 1. The molecule has 3 aliphatic heterocycles. The molecule has 0 aliphatic carbocycles. The number of imide groups is 1. The topological polar surface area (TPSA) is 70.7 Å². The van der Waals surface area contributed by atoms with E-state index < -0.39 is 0 Å². The van der Waals surface area contributed by atoms with Gasteiger partial charge >= 0.3 is 0 Å². The van der Waals surface area contributed by atoms with Crippen LogP contribution in [0.2, 0.25) is 0 Å². The Morgan fingerprint density at radius 1 is 1.08 bits per heavy atom.